The molecule has 0 heterocycles. The second-order valence-electron chi connectivity index (χ2n) is 26.6. The van der Waals surface area contributed by atoms with Crippen molar-refractivity contribution in [1.82, 2.24) is 0 Å². The van der Waals surface area contributed by atoms with Crippen molar-refractivity contribution in [2.24, 2.45) is 0 Å². The molecule has 0 aliphatic carbocycles. The first-order valence-electron chi connectivity index (χ1n) is 36.3. The second-order valence-corrected chi connectivity index (χ2v) is 35.8. The molecule has 0 aromatic heterocycles. The number of anilines is 3. The van der Waals surface area contributed by atoms with Crippen molar-refractivity contribution in [2.45, 2.75) is 104 Å². The molecular weight excluding hydrogens is 1800 g/mol. The van der Waals surface area contributed by atoms with E-state index in [-0.39, 0.29) is 62.6 Å². The fraction of sp³-hybridized carbons (Fsp3) is 0.397. The monoisotopic (exact) mass is 1890 g/mol. The van der Waals surface area contributed by atoms with Crippen LogP contribution in [-0.4, -0.2) is 246 Å². The van der Waals surface area contributed by atoms with E-state index in [1.807, 2.05) is 13.8 Å². The summed E-state index contributed by atoms with van der Waals surface area (Å²) in [5.41, 5.74) is 8.94. The number of methoxy groups -OCH3 is 2. The maximum atomic E-state index is 12.6. The predicted octanol–water partition coefficient (Wildman–Crippen LogP) is 5.21. The molecule has 48 heteroatoms. The van der Waals surface area contributed by atoms with Crippen LogP contribution in [0, 0.1) is 69.2 Å². The van der Waals surface area contributed by atoms with Crippen molar-refractivity contribution in [3.8, 4) is 23.0 Å². The minimum absolute atomic E-state index is 0.0194. The molecule has 698 valence electrons. The number of carbonyl (C=O) groups excluding carboxylic acids is 11. The molecule has 3 amide bonds. The Bertz CT molecular complexity index is 5690. The van der Waals surface area contributed by atoms with Gasteiger partial charge in [-0.3, -0.25) is 24.0 Å². The summed E-state index contributed by atoms with van der Waals surface area (Å²) >= 11 is 0. The molecule has 0 aliphatic rings. The zero-order valence-electron chi connectivity index (χ0n) is 71.8. The summed E-state index contributed by atoms with van der Waals surface area (Å²) in [5.74, 6) is -10.2. The molecule has 0 bridgehead atoms. The molecule has 0 saturated carbocycles. The Balaban J connectivity index is 0.000000761. The van der Waals surface area contributed by atoms with Gasteiger partial charge in [-0.2, -0.15) is 0 Å². The molecule has 0 radical (unpaired) electrons. The van der Waals surface area contributed by atoms with Gasteiger partial charge in [0.15, 0.2) is 0 Å². The van der Waals surface area contributed by atoms with Crippen LogP contribution >= 0.6 is 0 Å². The van der Waals surface area contributed by atoms with Crippen molar-refractivity contribution in [2.75, 3.05) is 118 Å². The highest BCUT2D eigenvalue weighted by atomic mass is 32.2. The van der Waals surface area contributed by atoms with E-state index in [4.69, 9.17) is 28.4 Å². The number of esters is 8. The van der Waals surface area contributed by atoms with Crippen molar-refractivity contribution < 1.29 is 178 Å². The van der Waals surface area contributed by atoms with Gasteiger partial charge in [0.25, 0.3) is 0 Å². The smallest absolute Gasteiger partial charge is 0.341 e. The fourth-order valence-electron chi connectivity index (χ4n) is 10.5. The molecule has 0 saturated heterocycles. The van der Waals surface area contributed by atoms with Gasteiger partial charge in [0, 0.05) is 54.4 Å². The average molecular weight is 1890 g/mol. The molecule has 6 aromatic rings. The highest BCUT2D eigenvalue weighted by molar-refractivity contribution is 7.86. The molecule has 42 nitrogen and oxygen atoms in total. The molecular formula is C78H95N3O39S6-6. The molecule has 1 N–H and O–H groups in total. The Kier molecular flexibility index (Phi) is 45.2. The molecule has 0 spiro atoms. The second kappa shape index (κ2) is 50.6. The van der Waals surface area contributed by atoms with Crippen LogP contribution in [0.25, 0.3) is 0 Å². The normalized spacial score (nSPS) is 11.1. The number of ether oxygens (including phenoxy) is 10. The summed E-state index contributed by atoms with van der Waals surface area (Å²) in [6, 6.07) is 20.1. The molecule has 0 aliphatic heterocycles. The van der Waals surface area contributed by atoms with E-state index >= 15 is 0 Å². The maximum absolute atomic E-state index is 12.6. The third-order valence-electron chi connectivity index (χ3n) is 16.4. The zero-order chi connectivity index (χ0) is 97.2. The van der Waals surface area contributed by atoms with Crippen LogP contribution in [0.3, 0.4) is 0 Å². The number of hydrogen-bond donors (Lipinski definition) is 1. The summed E-state index contributed by atoms with van der Waals surface area (Å²) in [6.07, 6.45) is 0. The minimum Gasteiger partial charge on any atom is -0.748 e. The maximum Gasteiger partial charge on any atom is 0.341 e. The lowest BCUT2D eigenvalue weighted by atomic mass is 9.93. The van der Waals surface area contributed by atoms with E-state index in [0.29, 0.717) is 61.9 Å². The van der Waals surface area contributed by atoms with E-state index in [9.17, 15) is 131 Å². The number of benzene rings is 6. The lowest BCUT2D eigenvalue weighted by Crippen LogP contribution is -2.30. The SMILES string of the molecule is CC(=O)N(C)c1c(C)c(C(=O)OCCS(=O)(=O)[O-])c(C)c(N(C)C(C)=O)c1C.CC(=O)Nc1c(C)cc(C)c(C(=O)OCCS(=O)(=O)[O-])c1C.CC(=O)Oc1cc(C(=O)OCCS(=O)(=O)[O-])ccc1C.CC(=O)Oc1cc(C)ccc1C(=O)OCCS(=O)(=O)[O-].COc1cc(C(=O)OCCS(=O)(=O)[O-])ccc1C.COc1cc(C)ccc1C(=O)OCCS(=O)(=O)[O-]. The van der Waals surface area contributed by atoms with Gasteiger partial charge in [-0.15, -0.1) is 0 Å². The first kappa shape index (κ1) is 113. The lowest BCUT2D eigenvalue weighted by Gasteiger charge is -2.29. The highest BCUT2D eigenvalue weighted by Crippen LogP contribution is 2.39. The molecule has 6 aromatic carbocycles. The van der Waals surface area contributed by atoms with Gasteiger partial charge in [-0.25, -0.2) is 79.3 Å². The Morgan fingerprint density at radius 1 is 0.325 bits per heavy atom. The number of amides is 3. The van der Waals surface area contributed by atoms with E-state index in [0.717, 1.165) is 22.3 Å². The van der Waals surface area contributed by atoms with Crippen LogP contribution in [-0.2, 0) is 113 Å². The largest absolute Gasteiger partial charge is 0.748 e. The third-order valence-corrected chi connectivity index (χ3v) is 20.4. The summed E-state index contributed by atoms with van der Waals surface area (Å²) in [5, 5.41) is 2.65. The van der Waals surface area contributed by atoms with Gasteiger partial charge < -0.3 is 89.8 Å². The van der Waals surface area contributed by atoms with Crippen molar-refractivity contribution in [3.63, 3.8) is 0 Å². The number of carbonyl (C=O) groups is 11. The van der Waals surface area contributed by atoms with E-state index in [2.05, 4.69) is 24.3 Å². The van der Waals surface area contributed by atoms with Crippen LogP contribution in [0.15, 0.2) is 78.9 Å². The van der Waals surface area contributed by atoms with E-state index in [1.54, 1.807) is 106 Å². The fourth-order valence-corrected chi connectivity index (χ4v) is 12.2. The standard InChI is InChI=1S/C18H26N2O7S.C14H19NO6S.2C12H14O7S.2C11H14O6S/c1-10-15(18(23)27-8-9-28(24,25)26)11(2)17(20(7)14(5)22)12(3)16(10)19(6)13(4)21;1-8-7-9(2)13(15-11(4)16)10(3)12(8)14(17)21-5-6-22(18,19)20;1-8-3-4-10(7-11(8)19-9(2)13)12(14)18-5-6-20(15,16)17;1-8-3-4-10(11(7-8)19-9(2)13)12(14)18-5-6-20(15,16)17;1-8-3-4-9(7-10(8)16-2)11(12)17-5-6-18(13,14)15;1-8-3-4-9(10(7-8)16-2)11(12)17-5-6-18(13,14)15/h8-9H2,1-7H3,(H,24,25,26);7H,5-6H2,1-4H3,(H,15,16)(H,18,19,20);2*3-4,7H,5-6H2,1-2H3,(H,15,16,17);2*3-4,7H,5-6H2,1-2H3,(H,13,14,15)/p-6. The Morgan fingerprint density at radius 3 is 0.952 bits per heavy atom. The zero-order valence-corrected chi connectivity index (χ0v) is 76.7. The van der Waals surface area contributed by atoms with Crippen molar-refractivity contribution in [3.05, 3.63) is 168 Å². The summed E-state index contributed by atoms with van der Waals surface area (Å²) in [7, 11) is -20.6. The van der Waals surface area contributed by atoms with Crippen LogP contribution in [0.1, 0.15) is 152 Å². The number of nitrogens with zero attached hydrogens (tertiary/aromatic N) is 2. The number of rotatable bonds is 31. The Hall–Kier alpha value is -11.5. The van der Waals surface area contributed by atoms with Gasteiger partial charge in [0.2, 0.25) is 17.7 Å². The van der Waals surface area contributed by atoms with Crippen LogP contribution in [0.4, 0.5) is 17.1 Å². The van der Waals surface area contributed by atoms with E-state index < -0.39 is 183 Å². The van der Waals surface area contributed by atoms with Crippen molar-refractivity contribution in [1.29, 1.82) is 0 Å². The number of hydrogen-bond acceptors (Lipinski definition) is 39. The summed E-state index contributed by atoms with van der Waals surface area (Å²) in [6.45, 7) is 20.6. The first-order chi connectivity index (χ1) is 57.8. The quantitative estimate of drug-likeness (QED) is 0.0253. The average Bonchev–Trinajstić information content (AvgIpc) is 0.756. The van der Waals surface area contributed by atoms with Crippen LogP contribution < -0.4 is 34.1 Å². The van der Waals surface area contributed by atoms with Crippen LogP contribution in [0.5, 0.6) is 23.0 Å². The third kappa shape index (κ3) is 42.0. The van der Waals surface area contributed by atoms with Gasteiger partial charge in [0.1, 0.15) is 73.8 Å². The van der Waals surface area contributed by atoms with Gasteiger partial charge >= 0.3 is 47.8 Å². The Labute approximate surface area is 729 Å². The first-order valence-corrected chi connectivity index (χ1v) is 45.8. The molecule has 0 atom stereocenters. The molecule has 6 rings (SSSR count). The predicted molar refractivity (Wildman–Crippen MR) is 443 cm³/mol. The number of nitrogens with one attached hydrogen (secondary N) is 1. The van der Waals surface area contributed by atoms with Gasteiger partial charge in [-0.05, 0) is 173 Å². The van der Waals surface area contributed by atoms with Crippen molar-refractivity contribution >= 4 is 143 Å². The van der Waals surface area contributed by atoms with Gasteiger partial charge in [-0.1, -0.05) is 30.3 Å². The minimum atomic E-state index is -4.53. The lowest BCUT2D eigenvalue weighted by molar-refractivity contribution is -0.132. The Morgan fingerprint density at radius 2 is 0.627 bits per heavy atom. The highest BCUT2D eigenvalue weighted by Gasteiger charge is 2.29. The number of aryl methyl sites for hydroxylation is 6. The van der Waals surface area contributed by atoms with Crippen LogP contribution in [0.2, 0.25) is 0 Å². The molecule has 126 heavy (non-hydrogen) atoms. The summed E-state index contributed by atoms with van der Waals surface area (Å²) < 4.78 is 236. The topological polar surface area (TPSA) is 642 Å². The molecule has 0 fully saturated rings. The van der Waals surface area contributed by atoms with E-state index in [1.165, 1.54) is 101 Å². The van der Waals surface area contributed by atoms with Gasteiger partial charge in [0.05, 0.1) is 143 Å². The summed E-state index contributed by atoms with van der Waals surface area (Å²) in [4.78, 5) is 131. The molecule has 0 unspecified atom stereocenters.